The van der Waals surface area contributed by atoms with Crippen molar-refractivity contribution in [3.63, 3.8) is 0 Å². The van der Waals surface area contributed by atoms with Crippen LogP contribution in [0.15, 0.2) is 12.1 Å². The fourth-order valence-corrected chi connectivity index (χ4v) is 3.02. The zero-order chi connectivity index (χ0) is 25.7. The van der Waals surface area contributed by atoms with E-state index in [1.54, 1.807) is 6.92 Å². The molecule has 0 unspecified atom stereocenters. The molecule has 0 aromatic heterocycles. The average Bonchev–Trinajstić information content (AvgIpc) is 2.79. The van der Waals surface area contributed by atoms with Crippen molar-refractivity contribution >= 4 is 24.5 Å². The Morgan fingerprint density at radius 1 is 0.912 bits per heavy atom. The number of nitrogens with zero attached hydrogens (tertiary/aromatic N) is 4. The predicted octanol–water partition coefficient (Wildman–Crippen LogP) is 1.46. The van der Waals surface area contributed by atoms with Crippen LogP contribution in [0.25, 0.3) is 0 Å². The molecule has 0 saturated carbocycles. The van der Waals surface area contributed by atoms with Crippen molar-refractivity contribution in [1.82, 2.24) is 9.80 Å². The lowest BCUT2D eigenvalue weighted by Gasteiger charge is -2.21. The number of unbranched alkanes of at least 4 members (excludes halogenated alkanes) is 2. The highest BCUT2D eigenvalue weighted by Crippen LogP contribution is 2.19. The van der Waals surface area contributed by atoms with Gasteiger partial charge < -0.3 is 14.6 Å². The highest BCUT2D eigenvalue weighted by molar-refractivity contribution is 6.07. The van der Waals surface area contributed by atoms with Gasteiger partial charge in [-0.1, -0.05) is 0 Å². The molecule has 0 aliphatic rings. The van der Waals surface area contributed by atoms with Crippen LogP contribution in [0.4, 0.5) is 0 Å². The Morgan fingerprint density at radius 3 is 1.97 bits per heavy atom. The van der Waals surface area contributed by atoms with Gasteiger partial charge in [-0.3, -0.25) is 24.1 Å². The van der Waals surface area contributed by atoms with Crippen LogP contribution in [0, 0.1) is 27.2 Å². The standard InChI is InChI=1S/C20H26N4O10/c1-15-11-16(13-25)18(19(27)21(2)7-3-5-9-33-23(29)30)12-17(15)20(28)22(14-26)8-4-6-10-34-24(31)32/h11-14H,3-10H2,1-2H3. The number of carbonyl (C=O) groups is 4. The van der Waals surface area contributed by atoms with Gasteiger partial charge in [0.2, 0.25) is 6.41 Å². The SMILES string of the molecule is Cc1cc(C=O)c(C(=O)N(C)CCCCO[N+](=O)[O-])cc1C(=O)N(C=O)CCCCO[N+](=O)[O-]. The summed E-state index contributed by atoms with van der Waals surface area (Å²) < 4.78 is 0. The first-order chi connectivity index (χ1) is 16.1. The summed E-state index contributed by atoms with van der Waals surface area (Å²) in [7, 11) is 1.48. The summed E-state index contributed by atoms with van der Waals surface area (Å²) in [6, 6.07) is 2.63. The molecule has 0 saturated heterocycles. The minimum Gasteiger partial charge on any atom is -0.342 e. The Kier molecular flexibility index (Phi) is 11.6. The zero-order valence-corrected chi connectivity index (χ0v) is 18.8. The Labute approximate surface area is 194 Å². The molecule has 3 amide bonds. The summed E-state index contributed by atoms with van der Waals surface area (Å²) in [6.45, 7) is 1.47. The fourth-order valence-electron chi connectivity index (χ4n) is 3.02. The van der Waals surface area contributed by atoms with Crippen molar-refractivity contribution < 1.29 is 39.0 Å². The van der Waals surface area contributed by atoms with Crippen LogP contribution in [0.1, 0.15) is 62.3 Å². The maximum atomic E-state index is 12.9. The zero-order valence-electron chi connectivity index (χ0n) is 18.8. The molecule has 0 fully saturated rings. The second kappa shape index (κ2) is 14.1. The van der Waals surface area contributed by atoms with Gasteiger partial charge >= 0.3 is 0 Å². The van der Waals surface area contributed by atoms with Crippen LogP contribution in [0.2, 0.25) is 0 Å². The smallest absolute Gasteiger partial charge is 0.294 e. The normalized spacial score (nSPS) is 10.2. The maximum Gasteiger partial charge on any atom is 0.294 e. The van der Waals surface area contributed by atoms with Crippen LogP contribution in [-0.4, -0.2) is 77.8 Å². The molecule has 0 aliphatic heterocycles. The van der Waals surface area contributed by atoms with E-state index in [0.717, 1.165) is 4.90 Å². The molecule has 0 heterocycles. The van der Waals surface area contributed by atoms with Crippen molar-refractivity contribution in [2.45, 2.75) is 32.6 Å². The van der Waals surface area contributed by atoms with Gasteiger partial charge in [-0.2, -0.15) is 0 Å². The molecule has 0 spiro atoms. The number of carbonyl (C=O) groups excluding carboxylic acids is 4. The summed E-state index contributed by atoms with van der Waals surface area (Å²) in [5.74, 6) is -1.23. The molecular weight excluding hydrogens is 456 g/mol. The van der Waals surface area contributed by atoms with Crippen LogP contribution in [0.3, 0.4) is 0 Å². The molecule has 0 N–H and O–H groups in total. The third-order valence-corrected chi connectivity index (χ3v) is 4.79. The monoisotopic (exact) mass is 482 g/mol. The number of aryl methyl sites for hydroxylation is 1. The topological polar surface area (TPSA) is 179 Å². The molecular formula is C20H26N4O10. The van der Waals surface area contributed by atoms with Crippen molar-refractivity contribution in [3.05, 3.63) is 54.6 Å². The summed E-state index contributed by atoms with van der Waals surface area (Å²) >= 11 is 0. The van der Waals surface area contributed by atoms with Crippen LogP contribution < -0.4 is 0 Å². The second-order valence-electron chi connectivity index (χ2n) is 7.23. The number of imide groups is 1. The van der Waals surface area contributed by atoms with Gasteiger partial charge in [-0.15, -0.1) is 20.2 Å². The molecule has 1 rings (SSSR count). The minimum atomic E-state index is -0.934. The van der Waals surface area contributed by atoms with Crippen LogP contribution in [-0.2, 0) is 14.5 Å². The quantitative estimate of drug-likeness (QED) is 0.145. The summed E-state index contributed by atoms with van der Waals surface area (Å²) in [6.07, 6.45) is 2.05. The molecule has 186 valence electrons. The molecule has 14 heteroatoms. The number of hydrogen-bond donors (Lipinski definition) is 0. The van der Waals surface area contributed by atoms with Crippen molar-refractivity contribution in [1.29, 1.82) is 0 Å². The highest BCUT2D eigenvalue weighted by atomic mass is 17.0. The molecule has 14 nitrogen and oxygen atoms in total. The maximum absolute atomic E-state index is 12.9. The van der Waals surface area contributed by atoms with E-state index < -0.39 is 22.0 Å². The Bertz CT molecular complexity index is 921. The molecule has 1 aromatic rings. The third-order valence-electron chi connectivity index (χ3n) is 4.79. The lowest BCUT2D eigenvalue weighted by molar-refractivity contribution is -0.757. The van der Waals surface area contributed by atoms with Gasteiger partial charge in [-0.25, -0.2) is 0 Å². The highest BCUT2D eigenvalue weighted by Gasteiger charge is 2.23. The van der Waals surface area contributed by atoms with Gasteiger partial charge in [-0.05, 0) is 50.3 Å². The predicted molar refractivity (Wildman–Crippen MR) is 115 cm³/mol. The second-order valence-corrected chi connectivity index (χ2v) is 7.23. The fraction of sp³-hybridized carbons (Fsp3) is 0.500. The molecule has 0 atom stereocenters. The van der Waals surface area contributed by atoms with Crippen molar-refractivity contribution in [2.24, 2.45) is 0 Å². The van der Waals surface area contributed by atoms with E-state index in [1.807, 2.05) is 0 Å². The number of rotatable bonds is 16. The number of hydrogen-bond acceptors (Lipinski definition) is 10. The molecule has 0 aliphatic carbocycles. The van der Waals surface area contributed by atoms with E-state index in [0.29, 0.717) is 31.1 Å². The van der Waals surface area contributed by atoms with Crippen LogP contribution >= 0.6 is 0 Å². The number of amides is 3. The average molecular weight is 482 g/mol. The first-order valence-corrected chi connectivity index (χ1v) is 10.3. The van der Waals surface area contributed by atoms with E-state index in [4.69, 9.17) is 0 Å². The van der Waals surface area contributed by atoms with Gasteiger partial charge in [0.1, 0.15) is 0 Å². The van der Waals surface area contributed by atoms with E-state index in [9.17, 15) is 39.4 Å². The van der Waals surface area contributed by atoms with E-state index in [1.165, 1.54) is 24.1 Å². The summed E-state index contributed by atoms with van der Waals surface area (Å²) in [5.41, 5.74) is 0.470. The van der Waals surface area contributed by atoms with Gasteiger partial charge in [0, 0.05) is 31.3 Å². The number of aldehydes is 1. The minimum absolute atomic E-state index is 0.0202. The van der Waals surface area contributed by atoms with E-state index in [2.05, 4.69) is 9.68 Å². The van der Waals surface area contributed by atoms with Crippen molar-refractivity contribution in [3.8, 4) is 0 Å². The van der Waals surface area contributed by atoms with E-state index in [-0.39, 0.29) is 55.8 Å². The first kappa shape index (κ1) is 27.9. The molecule has 1 aromatic carbocycles. The van der Waals surface area contributed by atoms with E-state index >= 15 is 0 Å². The summed E-state index contributed by atoms with van der Waals surface area (Å²) in [5, 5.41) is 18.5. The Balaban J connectivity index is 2.93. The lowest BCUT2D eigenvalue weighted by atomic mass is 9.97. The number of benzene rings is 1. The Hall–Kier alpha value is -4.10. The lowest BCUT2D eigenvalue weighted by Crippen LogP contribution is -2.32. The largest absolute Gasteiger partial charge is 0.342 e. The molecule has 0 bridgehead atoms. The summed E-state index contributed by atoms with van der Waals surface area (Å²) in [4.78, 5) is 79.6. The van der Waals surface area contributed by atoms with Crippen molar-refractivity contribution in [2.75, 3.05) is 33.4 Å². The third kappa shape index (κ3) is 8.80. The Morgan fingerprint density at radius 2 is 1.47 bits per heavy atom. The van der Waals surface area contributed by atoms with Gasteiger partial charge in [0.05, 0.1) is 18.8 Å². The van der Waals surface area contributed by atoms with Gasteiger partial charge in [0.25, 0.3) is 22.0 Å². The van der Waals surface area contributed by atoms with Crippen LogP contribution in [0.5, 0.6) is 0 Å². The van der Waals surface area contributed by atoms with Gasteiger partial charge in [0.15, 0.2) is 6.29 Å². The molecule has 0 radical (unpaired) electrons. The molecule has 34 heavy (non-hydrogen) atoms. The first-order valence-electron chi connectivity index (χ1n) is 10.3.